The van der Waals surface area contributed by atoms with Crippen LogP contribution in [0.4, 0.5) is 10.2 Å². The number of piperidine rings is 1. The molecule has 1 N–H and O–H groups in total. The lowest BCUT2D eigenvalue weighted by Crippen LogP contribution is -2.43. The van der Waals surface area contributed by atoms with Crippen molar-refractivity contribution in [2.24, 2.45) is 5.92 Å². The molecule has 1 atom stereocenters. The van der Waals surface area contributed by atoms with Crippen LogP contribution >= 0.6 is 0 Å². The van der Waals surface area contributed by atoms with Gasteiger partial charge >= 0.3 is 0 Å². The summed E-state index contributed by atoms with van der Waals surface area (Å²) >= 11 is 0. The smallest absolute Gasteiger partial charge is 0.253 e. The molecule has 6 nitrogen and oxygen atoms in total. The summed E-state index contributed by atoms with van der Waals surface area (Å²) in [6, 6.07) is 15.2. The number of aromatic nitrogens is 2. The number of carbonyl (C=O) groups is 2. The largest absolute Gasteiger partial charge is 0.338 e. The SMILES string of the molecule is Cc1ccc(C(=O)N2CCCC(C(=O)Nc3cc(C)nn3-c3ccc(F)cc3)C2)cc1. The third-order valence-electron chi connectivity index (χ3n) is 5.53. The molecule has 0 radical (unpaired) electrons. The van der Waals surface area contributed by atoms with Crippen molar-refractivity contribution in [2.45, 2.75) is 26.7 Å². The number of rotatable bonds is 4. The quantitative estimate of drug-likeness (QED) is 0.690. The first kappa shape index (κ1) is 20.8. The topological polar surface area (TPSA) is 67.2 Å². The highest BCUT2D eigenvalue weighted by Gasteiger charge is 2.29. The first-order valence-electron chi connectivity index (χ1n) is 10.4. The normalized spacial score (nSPS) is 16.2. The van der Waals surface area contributed by atoms with Gasteiger partial charge in [-0.2, -0.15) is 5.10 Å². The van der Waals surface area contributed by atoms with Crippen LogP contribution in [0.1, 0.15) is 34.5 Å². The molecule has 1 aromatic heterocycles. The summed E-state index contributed by atoms with van der Waals surface area (Å²) in [5.74, 6) is -0.316. The second-order valence-electron chi connectivity index (χ2n) is 8.00. The van der Waals surface area contributed by atoms with Gasteiger partial charge in [-0.3, -0.25) is 9.59 Å². The molecule has 0 bridgehead atoms. The highest BCUT2D eigenvalue weighted by molar-refractivity contribution is 5.96. The molecule has 160 valence electrons. The maximum Gasteiger partial charge on any atom is 0.253 e. The molecular weight excluding hydrogens is 395 g/mol. The number of nitrogens with one attached hydrogen (secondary N) is 1. The summed E-state index contributed by atoms with van der Waals surface area (Å²) in [6.07, 6.45) is 1.49. The molecule has 1 aliphatic rings. The molecule has 31 heavy (non-hydrogen) atoms. The van der Waals surface area contributed by atoms with Gasteiger partial charge in [-0.1, -0.05) is 17.7 Å². The first-order chi connectivity index (χ1) is 14.9. The van der Waals surface area contributed by atoms with Crippen molar-refractivity contribution < 1.29 is 14.0 Å². The molecule has 1 aliphatic heterocycles. The van der Waals surface area contributed by atoms with Gasteiger partial charge < -0.3 is 10.2 Å². The van der Waals surface area contributed by atoms with E-state index in [1.807, 2.05) is 38.1 Å². The van der Waals surface area contributed by atoms with E-state index >= 15 is 0 Å². The Labute approximate surface area is 180 Å². The number of nitrogens with zero attached hydrogens (tertiary/aromatic N) is 3. The number of amides is 2. The third-order valence-corrected chi connectivity index (χ3v) is 5.53. The van der Waals surface area contributed by atoms with Crippen molar-refractivity contribution >= 4 is 17.6 Å². The minimum Gasteiger partial charge on any atom is -0.338 e. The van der Waals surface area contributed by atoms with E-state index in [9.17, 15) is 14.0 Å². The molecule has 1 fully saturated rings. The molecule has 2 heterocycles. The number of anilines is 1. The molecule has 0 spiro atoms. The van der Waals surface area contributed by atoms with E-state index in [0.717, 1.165) is 17.7 Å². The van der Waals surface area contributed by atoms with Crippen LogP contribution in [0.2, 0.25) is 0 Å². The average molecular weight is 420 g/mol. The van der Waals surface area contributed by atoms with E-state index < -0.39 is 0 Å². The lowest BCUT2D eigenvalue weighted by Gasteiger charge is -2.32. The van der Waals surface area contributed by atoms with Crippen LogP contribution in [-0.2, 0) is 4.79 Å². The van der Waals surface area contributed by atoms with E-state index in [1.165, 1.54) is 12.1 Å². The minimum atomic E-state index is -0.334. The summed E-state index contributed by atoms with van der Waals surface area (Å²) in [4.78, 5) is 27.6. The van der Waals surface area contributed by atoms with Crippen LogP contribution in [0.5, 0.6) is 0 Å². The first-order valence-corrected chi connectivity index (χ1v) is 10.4. The zero-order valence-electron chi connectivity index (χ0n) is 17.6. The molecule has 7 heteroatoms. The molecule has 4 rings (SSSR count). The molecule has 1 saturated heterocycles. The number of aryl methyl sites for hydroxylation is 2. The van der Waals surface area contributed by atoms with Gasteiger partial charge in [-0.05, 0) is 63.1 Å². The van der Waals surface area contributed by atoms with Crippen molar-refractivity contribution in [3.8, 4) is 5.69 Å². The van der Waals surface area contributed by atoms with E-state index in [0.29, 0.717) is 36.6 Å². The van der Waals surface area contributed by atoms with E-state index in [-0.39, 0.29) is 23.5 Å². The Balaban J connectivity index is 1.47. The van der Waals surface area contributed by atoms with Gasteiger partial charge in [0.05, 0.1) is 17.3 Å². The Hall–Kier alpha value is -3.48. The van der Waals surface area contributed by atoms with Crippen LogP contribution in [0, 0.1) is 25.6 Å². The molecule has 0 aliphatic carbocycles. The Morgan fingerprint density at radius 2 is 1.77 bits per heavy atom. The number of hydrogen-bond donors (Lipinski definition) is 1. The molecule has 3 aromatic rings. The van der Waals surface area contributed by atoms with E-state index in [4.69, 9.17) is 0 Å². The van der Waals surface area contributed by atoms with E-state index in [1.54, 1.807) is 27.8 Å². The van der Waals surface area contributed by atoms with Crippen LogP contribution in [0.3, 0.4) is 0 Å². The predicted octanol–water partition coefficient (Wildman–Crippen LogP) is 4.12. The summed E-state index contributed by atoms with van der Waals surface area (Å²) in [5, 5.41) is 7.36. The van der Waals surface area contributed by atoms with Crippen molar-refractivity contribution in [2.75, 3.05) is 18.4 Å². The fourth-order valence-electron chi connectivity index (χ4n) is 3.85. The van der Waals surface area contributed by atoms with Gasteiger partial charge in [-0.15, -0.1) is 0 Å². The maximum atomic E-state index is 13.3. The Morgan fingerprint density at radius 1 is 1.06 bits per heavy atom. The van der Waals surface area contributed by atoms with Gasteiger partial charge in [0, 0.05) is 24.7 Å². The van der Waals surface area contributed by atoms with Crippen LogP contribution in [0.15, 0.2) is 54.6 Å². The summed E-state index contributed by atoms with van der Waals surface area (Å²) in [5.41, 5.74) is 3.13. The van der Waals surface area contributed by atoms with Gasteiger partial charge in [0.1, 0.15) is 11.6 Å². The van der Waals surface area contributed by atoms with Gasteiger partial charge in [-0.25, -0.2) is 9.07 Å². The standard InChI is InChI=1S/C24H25FN4O2/c1-16-5-7-18(8-6-16)24(31)28-13-3-4-19(15-28)23(30)26-22-14-17(2)27-29(22)21-11-9-20(25)10-12-21/h5-12,14,19H,3-4,13,15H2,1-2H3,(H,26,30). The lowest BCUT2D eigenvalue weighted by molar-refractivity contribution is -0.121. The molecular formula is C24H25FN4O2. The van der Waals surface area contributed by atoms with E-state index in [2.05, 4.69) is 10.4 Å². The Kier molecular flexibility index (Phi) is 5.84. The van der Waals surface area contributed by atoms with Crippen LogP contribution in [0.25, 0.3) is 5.69 Å². The second-order valence-corrected chi connectivity index (χ2v) is 8.00. The highest BCUT2D eigenvalue weighted by Crippen LogP contribution is 2.23. The molecule has 2 aromatic carbocycles. The fraction of sp³-hybridized carbons (Fsp3) is 0.292. The highest BCUT2D eigenvalue weighted by atomic mass is 19.1. The fourth-order valence-corrected chi connectivity index (χ4v) is 3.85. The Bertz CT molecular complexity index is 1090. The number of likely N-dealkylation sites (tertiary alicyclic amines) is 1. The minimum absolute atomic E-state index is 0.0512. The van der Waals surface area contributed by atoms with Crippen LogP contribution < -0.4 is 5.32 Å². The molecule has 1 unspecified atom stereocenters. The van der Waals surface area contributed by atoms with Gasteiger partial charge in [0.2, 0.25) is 5.91 Å². The van der Waals surface area contributed by atoms with Crippen molar-refractivity contribution in [3.63, 3.8) is 0 Å². The van der Waals surface area contributed by atoms with Gasteiger partial charge in [0.15, 0.2) is 0 Å². The summed E-state index contributed by atoms with van der Waals surface area (Å²) in [6.45, 7) is 4.83. The predicted molar refractivity (Wildman–Crippen MR) is 117 cm³/mol. The summed E-state index contributed by atoms with van der Waals surface area (Å²) < 4.78 is 14.9. The zero-order chi connectivity index (χ0) is 22.0. The lowest BCUT2D eigenvalue weighted by atomic mass is 9.96. The zero-order valence-corrected chi connectivity index (χ0v) is 17.6. The second kappa shape index (κ2) is 8.71. The summed E-state index contributed by atoms with van der Waals surface area (Å²) in [7, 11) is 0. The Morgan fingerprint density at radius 3 is 2.48 bits per heavy atom. The number of hydrogen-bond acceptors (Lipinski definition) is 3. The van der Waals surface area contributed by atoms with Crippen molar-refractivity contribution in [1.82, 2.24) is 14.7 Å². The van der Waals surface area contributed by atoms with Crippen molar-refractivity contribution in [1.29, 1.82) is 0 Å². The maximum absolute atomic E-state index is 13.3. The molecule has 2 amide bonds. The monoisotopic (exact) mass is 420 g/mol. The van der Waals surface area contributed by atoms with Gasteiger partial charge in [0.25, 0.3) is 5.91 Å². The number of carbonyl (C=O) groups excluding carboxylic acids is 2. The number of benzene rings is 2. The third kappa shape index (κ3) is 4.66. The van der Waals surface area contributed by atoms with Crippen LogP contribution in [-0.4, -0.2) is 39.6 Å². The number of halogens is 1. The average Bonchev–Trinajstić information content (AvgIpc) is 3.14. The van der Waals surface area contributed by atoms with Crippen molar-refractivity contribution in [3.05, 3.63) is 77.2 Å². The molecule has 0 saturated carbocycles.